The molecule has 1 amide bonds. The van der Waals surface area contributed by atoms with Crippen LogP contribution in [0.5, 0.6) is 0 Å². The lowest BCUT2D eigenvalue weighted by atomic mass is 9.73. The minimum Gasteiger partial charge on any atom is -0.356 e. The van der Waals surface area contributed by atoms with Crippen molar-refractivity contribution in [3.05, 3.63) is 34.3 Å². The van der Waals surface area contributed by atoms with Gasteiger partial charge in [0.25, 0.3) is 0 Å². The zero-order valence-corrected chi connectivity index (χ0v) is 11.5. The van der Waals surface area contributed by atoms with Gasteiger partial charge >= 0.3 is 0 Å². The lowest BCUT2D eigenvalue weighted by Crippen LogP contribution is -2.48. The van der Waals surface area contributed by atoms with E-state index < -0.39 is 0 Å². The molecule has 1 heterocycles. The largest absolute Gasteiger partial charge is 0.356 e. The molecule has 0 spiro atoms. The van der Waals surface area contributed by atoms with Crippen LogP contribution in [-0.2, 0) is 10.2 Å². The number of piperidine rings is 1. The maximum atomic E-state index is 11.6. The number of halogens is 1. The highest BCUT2D eigenvalue weighted by Gasteiger charge is 2.36. The fraction of sp³-hybridized carbons (Fsp3) is 0.462. The Balaban J connectivity index is 2.32. The van der Waals surface area contributed by atoms with Crippen molar-refractivity contribution < 1.29 is 4.79 Å². The van der Waals surface area contributed by atoms with Crippen LogP contribution in [0, 0.1) is 0 Å². The lowest BCUT2D eigenvalue weighted by molar-refractivity contribution is -0.124. The van der Waals surface area contributed by atoms with Crippen molar-refractivity contribution in [2.75, 3.05) is 20.1 Å². The van der Waals surface area contributed by atoms with E-state index in [0.29, 0.717) is 6.42 Å². The zero-order valence-electron chi connectivity index (χ0n) is 9.92. The third-order valence-electron chi connectivity index (χ3n) is 3.40. The van der Waals surface area contributed by atoms with Gasteiger partial charge in [0, 0.05) is 29.4 Å². The molecule has 1 fully saturated rings. The highest BCUT2D eigenvalue weighted by molar-refractivity contribution is 9.10. The molecule has 0 aliphatic carbocycles. The Labute approximate surface area is 110 Å². The highest BCUT2D eigenvalue weighted by atomic mass is 79.9. The molecule has 0 radical (unpaired) electrons. The van der Waals surface area contributed by atoms with Gasteiger partial charge in [-0.25, -0.2) is 0 Å². The summed E-state index contributed by atoms with van der Waals surface area (Å²) in [4.78, 5) is 11.6. The van der Waals surface area contributed by atoms with Gasteiger partial charge in [0.2, 0.25) is 5.91 Å². The van der Waals surface area contributed by atoms with Crippen LogP contribution in [0.2, 0.25) is 0 Å². The van der Waals surface area contributed by atoms with E-state index in [1.807, 2.05) is 19.2 Å². The molecule has 2 N–H and O–H groups in total. The smallest absolute Gasteiger partial charge is 0.220 e. The molecule has 1 atom stereocenters. The summed E-state index contributed by atoms with van der Waals surface area (Å²) in [5, 5.41) is 6.12. The molecular formula is C13H17BrN2O. The second-order valence-electron chi connectivity index (χ2n) is 4.59. The first-order valence-electron chi connectivity index (χ1n) is 5.84. The van der Waals surface area contributed by atoms with E-state index in [4.69, 9.17) is 0 Å². The van der Waals surface area contributed by atoms with Crippen molar-refractivity contribution in [2.24, 2.45) is 0 Å². The predicted octanol–water partition coefficient (Wildman–Crippen LogP) is 1.82. The van der Waals surface area contributed by atoms with Crippen molar-refractivity contribution in [3.8, 4) is 0 Å². The third-order valence-corrected chi connectivity index (χ3v) is 3.93. The minimum absolute atomic E-state index is 0.0578. The molecule has 1 unspecified atom stereocenters. The van der Waals surface area contributed by atoms with E-state index in [1.54, 1.807) is 0 Å². The first-order chi connectivity index (χ1) is 8.16. The van der Waals surface area contributed by atoms with Crippen LogP contribution in [0.25, 0.3) is 0 Å². The van der Waals surface area contributed by atoms with Crippen LogP contribution in [0.15, 0.2) is 28.7 Å². The summed E-state index contributed by atoms with van der Waals surface area (Å²) in [6.45, 7) is 1.60. The average molecular weight is 297 g/mol. The monoisotopic (exact) mass is 296 g/mol. The third kappa shape index (κ3) is 2.69. The number of nitrogens with one attached hydrogen (secondary N) is 2. The quantitative estimate of drug-likeness (QED) is 0.893. The summed E-state index contributed by atoms with van der Waals surface area (Å²) in [7, 11) is 1.94. The summed E-state index contributed by atoms with van der Waals surface area (Å²) < 4.78 is 1.07. The van der Waals surface area contributed by atoms with Crippen LogP contribution in [0.1, 0.15) is 18.4 Å². The number of carbonyl (C=O) groups is 1. The summed E-state index contributed by atoms with van der Waals surface area (Å²) in [6.07, 6.45) is 1.55. The minimum atomic E-state index is -0.0578. The lowest BCUT2D eigenvalue weighted by Gasteiger charge is -2.37. The van der Waals surface area contributed by atoms with Gasteiger partial charge in [-0.15, -0.1) is 0 Å². The van der Waals surface area contributed by atoms with E-state index >= 15 is 0 Å². The Kier molecular flexibility index (Phi) is 3.84. The number of rotatable bonds is 3. The van der Waals surface area contributed by atoms with Crippen LogP contribution in [0.3, 0.4) is 0 Å². The Bertz CT molecular complexity index is 400. The van der Waals surface area contributed by atoms with Crippen LogP contribution in [0.4, 0.5) is 0 Å². The molecule has 2 rings (SSSR count). The van der Waals surface area contributed by atoms with Gasteiger partial charge in [-0.05, 0) is 31.2 Å². The van der Waals surface area contributed by atoms with Gasteiger partial charge in [-0.3, -0.25) is 4.79 Å². The highest BCUT2D eigenvalue weighted by Crippen LogP contribution is 2.33. The van der Waals surface area contributed by atoms with Gasteiger partial charge in [0.1, 0.15) is 0 Å². The maximum Gasteiger partial charge on any atom is 0.220 e. The van der Waals surface area contributed by atoms with Gasteiger partial charge in [0.15, 0.2) is 0 Å². The molecule has 0 bridgehead atoms. The molecule has 17 heavy (non-hydrogen) atoms. The summed E-state index contributed by atoms with van der Waals surface area (Å²) in [5.74, 6) is 0.148. The first kappa shape index (κ1) is 12.6. The zero-order chi connectivity index (χ0) is 12.3. The molecule has 1 aromatic carbocycles. The molecule has 4 heteroatoms. The number of benzene rings is 1. The second kappa shape index (κ2) is 5.19. The Morgan fingerprint density at radius 3 is 2.71 bits per heavy atom. The van der Waals surface area contributed by atoms with Crippen LogP contribution in [-0.4, -0.2) is 26.0 Å². The van der Waals surface area contributed by atoms with E-state index in [9.17, 15) is 4.79 Å². The summed E-state index contributed by atoms with van der Waals surface area (Å²) in [5.41, 5.74) is 1.18. The number of likely N-dealkylation sites (N-methyl/N-ethyl adjacent to an activating group) is 1. The van der Waals surface area contributed by atoms with E-state index in [-0.39, 0.29) is 11.3 Å². The molecule has 1 aromatic rings. The predicted molar refractivity (Wildman–Crippen MR) is 72.0 cm³/mol. The fourth-order valence-corrected chi connectivity index (χ4v) is 2.80. The number of amides is 1. The number of carbonyl (C=O) groups excluding carboxylic acids is 1. The molecule has 0 aromatic heterocycles. The Morgan fingerprint density at radius 1 is 1.41 bits per heavy atom. The molecular weight excluding hydrogens is 280 g/mol. The Morgan fingerprint density at radius 2 is 2.12 bits per heavy atom. The van der Waals surface area contributed by atoms with Gasteiger partial charge in [0.05, 0.1) is 0 Å². The van der Waals surface area contributed by atoms with E-state index in [0.717, 1.165) is 24.0 Å². The van der Waals surface area contributed by atoms with Crippen LogP contribution >= 0.6 is 15.9 Å². The van der Waals surface area contributed by atoms with Crippen molar-refractivity contribution >= 4 is 21.8 Å². The maximum absolute atomic E-state index is 11.6. The first-order valence-corrected chi connectivity index (χ1v) is 6.63. The van der Waals surface area contributed by atoms with E-state index in [1.165, 1.54) is 5.56 Å². The van der Waals surface area contributed by atoms with E-state index in [2.05, 4.69) is 38.7 Å². The van der Waals surface area contributed by atoms with Gasteiger partial charge < -0.3 is 10.6 Å². The van der Waals surface area contributed by atoms with Gasteiger partial charge in [-0.1, -0.05) is 28.1 Å². The Hall–Kier alpha value is -0.870. The topological polar surface area (TPSA) is 41.1 Å². The molecule has 1 aliphatic heterocycles. The van der Waals surface area contributed by atoms with Gasteiger partial charge in [-0.2, -0.15) is 0 Å². The average Bonchev–Trinajstić information content (AvgIpc) is 2.30. The fourth-order valence-electron chi connectivity index (χ4n) is 2.54. The van der Waals surface area contributed by atoms with Crippen molar-refractivity contribution in [3.63, 3.8) is 0 Å². The molecule has 1 aliphatic rings. The second-order valence-corrected chi connectivity index (χ2v) is 5.51. The van der Waals surface area contributed by atoms with Crippen molar-refractivity contribution in [1.29, 1.82) is 0 Å². The van der Waals surface area contributed by atoms with Crippen LogP contribution < -0.4 is 10.6 Å². The number of hydrogen-bond acceptors (Lipinski definition) is 2. The standard InChI is InChI=1S/C13H17BrN2O/c1-15-9-13(6-7-16-12(17)8-13)10-2-4-11(14)5-3-10/h2-5,15H,6-9H2,1H3,(H,16,17). The van der Waals surface area contributed by atoms with Crippen molar-refractivity contribution in [1.82, 2.24) is 10.6 Å². The molecule has 92 valence electrons. The molecule has 1 saturated heterocycles. The molecule has 0 saturated carbocycles. The SMILES string of the molecule is CNCC1(c2ccc(Br)cc2)CCNC(=O)C1. The summed E-state index contributed by atoms with van der Waals surface area (Å²) >= 11 is 3.44. The van der Waals surface area contributed by atoms with Crippen molar-refractivity contribution in [2.45, 2.75) is 18.3 Å². The normalized spacial score (nSPS) is 24.5. The molecule has 3 nitrogen and oxygen atoms in total. The number of hydrogen-bond donors (Lipinski definition) is 2. The summed E-state index contributed by atoms with van der Waals surface area (Å²) in [6, 6.07) is 8.30.